The minimum Gasteiger partial charge on any atom is -0.394 e. The molecule has 0 aliphatic carbocycles. The maximum atomic E-state index is 12.5. The number of carbonyl (C=O) groups is 1. The first-order chi connectivity index (χ1) is 37.2. The number of amides is 1. The molecule has 0 saturated carbocycles. The molecule has 0 radical (unpaired) electrons. The lowest BCUT2D eigenvalue weighted by molar-refractivity contribution is -0.123. The topological polar surface area (TPSA) is 69.6 Å². The number of nitrogens with one attached hydrogen (secondary N) is 1. The maximum absolute atomic E-state index is 12.5. The Kier molecular flexibility index (Phi) is 66.6. The third kappa shape index (κ3) is 63.8. The molecule has 0 aromatic heterocycles. The summed E-state index contributed by atoms with van der Waals surface area (Å²) in [7, 11) is 0. The number of rotatable bonds is 67. The summed E-state index contributed by atoms with van der Waals surface area (Å²) in [5.41, 5.74) is 0. The molecule has 0 fully saturated rings. The van der Waals surface area contributed by atoms with E-state index in [1.165, 1.54) is 372 Å². The summed E-state index contributed by atoms with van der Waals surface area (Å²) >= 11 is 0. The molecule has 2 unspecified atom stereocenters. The zero-order chi connectivity index (χ0) is 54.1. The van der Waals surface area contributed by atoms with Gasteiger partial charge in [0.2, 0.25) is 5.91 Å². The van der Waals surface area contributed by atoms with Crippen molar-refractivity contribution in [3.8, 4) is 0 Å². The summed E-state index contributed by atoms with van der Waals surface area (Å²) < 4.78 is 0. The van der Waals surface area contributed by atoms with Gasteiger partial charge in [0, 0.05) is 6.42 Å². The fraction of sp³-hybridized carbons (Fsp3) is 0.958. The van der Waals surface area contributed by atoms with Gasteiger partial charge in [-0.3, -0.25) is 4.79 Å². The van der Waals surface area contributed by atoms with Gasteiger partial charge in [-0.25, -0.2) is 0 Å². The van der Waals surface area contributed by atoms with Gasteiger partial charge in [-0.2, -0.15) is 0 Å². The molecule has 2 atom stereocenters. The fourth-order valence-electron chi connectivity index (χ4n) is 11.7. The maximum Gasteiger partial charge on any atom is 0.220 e. The van der Waals surface area contributed by atoms with Crippen molar-refractivity contribution in [3.05, 3.63) is 12.2 Å². The van der Waals surface area contributed by atoms with Crippen LogP contribution in [0.3, 0.4) is 0 Å². The summed E-state index contributed by atoms with van der Waals surface area (Å²) in [6.45, 7) is 4.37. The van der Waals surface area contributed by atoms with E-state index in [1.807, 2.05) is 6.08 Å². The second kappa shape index (κ2) is 67.4. The van der Waals surface area contributed by atoms with Crippen molar-refractivity contribution in [2.24, 2.45) is 0 Å². The van der Waals surface area contributed by atoms with Crippen LogP contribution in [-0.4, -0.2) is 34.9 Å². The van der Waals surface area contributed by atoms with Crippen LogP contribution < -0.4 is 5.32 Å². The molecule has 0 aliphatic rings. The molecule has 4 heteroatoms. The summed E-state index contributed by atoms with van der Waals surface area (Å²) in [6, 6.07) is -0.619. The molecule has 0 heterocycles. The molecular weight excluding hydrogens is 915 g/mol. The number of allylic oxidation sites excluding steroid dienone is 1. The van der Waals surface area contributed by atoms with E-state index in [9.17, 15) is 15.0 Å². The van der Waals surface area contributed by atoms with E-state index in [0.29, 0.717) is 6.42 Å². The van der Waals surface area contributed by atoms with Gasteiger partial charge in [0.15, 0.2) is 0 Å². The Morgan fingerprint density at radius 1 is 0.307 bits per heavy atom. The second-order valence-corrected chi connectivity index (χ2v) is 24.7. The summed E-state index contributed by atoms with van der Waals surface area (Å²) in [4.78, 5) is 12.5. The van der Waals surface area contributed by atoms with Crippen LogP contribution in [0.25, 0.3) is 0 Å². The largest absolute Gasteiger partial charge is 0.394 e. The lowest BCUT2D eigenvalue weighted by Crippen LogP contribution is -2.45. The van der Waals surface area contributed by atoms with Gasteiger partial charge in [-0.05, 0) is 19.3 Å². The number of aliphatic hydroxyl groups is 2. The van der Waals surface area contributed by atoms with Crippen molar-refractivity contribution in [3.63, 3.8) is 0 Å². The highest BCUT2D eigenvalue weighted by Gasteiger charge is 2.18. The Bertz CT molecular complexity index is 1060. The van der Waals surface area contributed by atoms with Gasteiger partial charge in [0.05, 0.1) is 18.8 Å². The molecule has 0 rings (SSSR count). The highest BCUT2D eigenvalue weighted by molar-refractivity contribution is 5.76. The molecule has 75 heavy (non-hydrogen) atoms. The number of aliphatic hydroxyl groups excluding tert-OH is 2. The quantitative estimate of drug-likeness (QED) is 0.0420. The summed E-state index contributed by atoms with van der Waals surface area (Å²) in [6.07, 6.45) is 90.3. The lowest BCUT2D eigenvalue weighted by Gasteiger charge is -2.20. The Morgan fingerprint density at radius 3 is 0.693 bits per heavy atom. The number of hydrogen-bond acceptors (Lipinski definition) is 3. The van der Waals surface area contributed by atoms with Crippen LogP contribution in [0.4, 0.5) is 0 Å². The molecule has 4 nitrogen and oxygen atoms in total. The van der Waals surface area contributed by atoms with E-state index < -0.39 is 12.1 Å². The number of hydrogen-bond donors (Lipinski definition) is 3. The standard InChI is InChI=1S/C71H141NO3/c1-3-5-7-9-11-13-15-17-19-21-23-25-27-29-30-31-32-33-34-35-36-37-38-39-40-41-42-43-45-47-49-51-53-55-57-59-61-63-65-67-71(75)72-69(68-73)70(74)66-64-62-60-58-56-54-52-50-48-46-44-28-26-24-22-20-18-16-14-12-10-8-6-4-2/h64,66,69-70,73-74H,3-63,65,67-68H2,1-2H3,(H,72,75)/b66-64+. The van der Waals surface area contributed by atoms with E-state index in [2.05, 4.69) is 19.2 Å². The van der Waals surface area contributed by atoms with Gasteiger partial charge >= 0.3 is 0 Å². The van der Waals surface area contributed by atoms with Crippen molar-refractivity contribution in [1.82, 2.24) is 5.32 Å². The fourth-order valence-corrected chi connectivity index (χ4v) is 11.7. The Labute approximate surface area is 473 Å². The van der Waals surface area contributed by atoms with E-state index in [-0.39, 0.29) is 12.5 Å². The van der Waals surface area contributed by atoms with Crippen LogP contribution >= 0.6 is 0 Å². The first-order valence-electron chi connectivity index (χ1n) is 35.4. The summed E-state index contributed by atoms with van der Waals surface area (Å²) in [5.74, 6) is -0.0531. The Hall–Kier alpha value is -0.870. The minimum atomic E-state index is -0.837. The minimum absolute atomic E-state index is 0.0531. The lowest BCUT2D eigenvalue weighted by atomic mass is 10.0. The van der Waals surface area contributed by atoms with E-state index >= 15 is 0 Å². The molecule has 0 saturated heterocycles. The molecule has 0 aromatic carbocycles. The van der Waals surface area contributed by atoms with E-state index in [0.717, 1.165) is 25.7 Å². The molecule has 448 valence electrons. The van der Waals surface area contributed by atoms with Crippen molar-refractivity contribution in [2.75, 3.05) is 6.61 Å². The summed E-state index contributed by atoms with van der Waals surface area (Å²) in [5, 5.41) is 23.3. The molecule has 3 N–H and O–H groups in total. The molecule has 0 spiro atoms. The number of unbranched alkanes of at least 4 members (excludes halogenated alkanes) is 60. The van der Waals surface area contributed by atoms with Crippen LogP contribution in [0.2, 0.25) is 0 Å². The van der Waals surface area contributed by atoms with E-state index in [4.69, 9.17) is 0 Å². The monoisotopic (exact) mass is 1060 g/mol. The second-order valence-electron chi connectivity index (χ2n) is 24.7. The van der Waals surface area contributed by atoms with Crippen LogP contribution in [-0.2, 0) is 4.79 Å². The highest BCUT2D eigenvalue weighted by Crippen LogP contribution is 2.20. The van der Waals surface area contributed by atoms with Crippen LogP contribution in [0.15, 0.2) is 12.2 Å². The molecule has 0 aromatic rings. The van der Waals surface area contributed by atoms with Crippen LogP contribution in [0, 0.1) is 0 Å². The normalized spacial score (nSPS) is 12.6. The first kappa shape index (κ1) is 74.1. The predicted molar refractivity (Wildman–Crippen MR) is 336 cm³/mol. The Balaban J connectivity index is 3.36. The van der Waals surface area contributed by atoms with Gasteiger partial charge in [-0.1, -0.05) is 405 Å². The third-order valence-corrected chi connectivity index (χ3v) is 17.0. The highest BCUT2D eigenvalue weighted by atomic mass is 16.3. The van der Waals surface area contributed by atoms with Crippen molar-refractivity contribution in [2.45, 2.75) is 431 Å². The van der Waals surface area contributed by atoms with Crippen molar-refractivity contribution >= 4 is 5.91 Å². The average molecular weight is 1060 g/mol. The van der Waals surface area contributed by atoms with Gasteiger partial charge in [-0.15, -0.1) is 0 Å². The van der Waals surface area contributed by atoms with Crippen LogP contribution in [0.1, 0.15) is 418 Å². The van der Waals surface area contributed by atoms with Crippen LogP contribution in [0.5, 0.6) is 0 Å². The number of carbonyl (C=O) groups excluding carboxylic acids is 1. The first-order valence-corrected chi connectivity index (χ1v) is 35.4. The van der Waals surface area contributed by atoms with Gasteiger partial charge in [0.1, 0.15) is 0 Å². The molecular formula is C71H141NO3. The average Bonchev–Trinajstić information content (AvgIpc) is 3.41. The van der Waals surface area contributed by atoms with Crippen molar-refractivity contribution < 1.29 is 15.0 Å². The molecule has 0 aliphatic heterocycles. The molecule has 0 bridgehead atoms. The molecule has 1 amide bonds. The SMILES string of the molecule is CCCCCCCCCCCCCCCCCCCCCCCC/C=C/C(O)C(CO)NC(=O)CCCCCCCCCCCCCCCCCCCCCCCCCCCCCCCCCCCCCCCCC. The predicted octanol–water partition coefficient (Wildman–Crippen LogP) is 24.0. The smallest absolute Gasteiger partial charge is 0.220 e. The zero-order valence-corrected chi connectivity index (χ0v) is 51.9. The van der Waals surface area contributed by atoms with Crippen molar-refractivity contribution in [1.29, 1.82) is 0 Å². The third-order valence-electron chi connectivity index (χ3n) is 17.0. The van der Waals surface area contributed by atoms with Gasteiger partial charge in [0.25, 0.3) is 0 Å². The Morgan fingerprint density at radius 2 is 0.493 bits per heavy atom. The van der Waals surface area contributed by atoms with Gasteiger partial charge < -0.3 is 15.5 Å². The van der Waals surface area contributed by atoms with E-state index in [1.54, 1.807) is 6.08 Å². The zero-order valence-electron chi connectivity index (χ0n) is 51.9.